The van der Waals surface area contributed by atoms with Crippen molar-refractivity contribution in [2.45, 2.75) is 0 Å². The van der Waals surface area contributed by atoms with E-state index in [1.54, 1.807) is 0 Å². The lowest BCUT2D eigenvalue weighted by atomic mass is 10.3. The third kappa shape index (κ3) is 1.03. The molecule has 3 heteroatoms. The van der Waals surface area contributed by atoms with Crippen molar-refractivity contribution in [3.05, 3.63) is 24.0 Å². The van der Waals surface area contributed by atoms with Crippen LogP contribution in [0, 0.1) is 11.9 Å². The molecule has 53 valence electrons. The van der Waals surface area contributed by atoms with Crippen molar-refractivity contribution >= 4 is 0 Å². The Bertz CT molecular complexity index is 235. The predicted molar refractivity (Wildman–Crippen MR) is 33.5 cm³/mol. The Labute approximate surface area is 57.9 Å². The normalized spacial score (nSPS) is 9.40. The molecule has 1 aromatic carbocycles. The number of benzene rings is 1. The molecule has 0 bridgehead atoms. The number of ether oxygens (including phenoxy) is 1. The average Bonchev–Trinajstić information content (AvgIpc) is 1.95. The summed E-state index contributed by atoms with van der Waals surface area (Å²) in [5.74, 6) is -1.10. The quantitative estimate of drug-likeness (QED) is 0.639. The number of hydrogen-bond donors (Lipinski definition) is 1. The Morgan fingerprint density at radius 2 is 2.30 bits per heavy atom. The maximum Gasteiger partial charge on any atom is 0.194 e. The Kier molecular flexibility index (Phi) is 1.76. The third-order valence-corrected chi connectivity index (χ3v) is 1.10. The Hall–Kier alpha value is -1.25. The van der Waals surface area contributed by atoms with Crippen LogP contribution in [0.1, 0.15) is 0 Å². The van der Waals surface area contributed by atoms with Crippen molar-refractivity contribution in [3.63, 3.8) is 0 Å². The van der Waals surface area contributed by atoms with E-state index in [0.717, 1.165) is 6.07 Å². The maximum atomic E-state index is 12.4. The Balaban J connectivity index is 3.14. The van der Waals surface area contributed by atoms with Gasteiger partial charge >= 0.3 is 0 Å². The molecule has 0 aliphatic carbocycles. The number of methoxy groups -OCH3 is 1. The molecule has 0 unspecified atom stereocenters. The zero-order valence-corrected chi connectivity index (χ0v) is 5.39. The molecule has 0 aromatic heterocycles. The molecule has 0 aliphatic heterocycles. The zero-order valence-electron chi connectivity index (χ0n) is 5.39. The highest BCUT2D eigenvalue weighted by Gasteiger charge is 2.04. The molecule has 1 aromatic rings. The van der Waals surface area contributed by atoms with Gasteiger partial charge in [0.1, 0.15) is 0 Å². The minimum Gasteiger partial charge on any atom is -0.502 e. The second-order valence-electron chi connectivity index (χ2n) is 1.72. The first-order chi connectivity index (χ1) is 4.75. The molecule has 0 spiro atoms. The van der Waals surface area contributed by atoms with Crippen LogP contribution in [0.15, 0.2) is 12.1 Å². The van der Waals surface area contributed by atoms with Crippen LogP contribution in [0.3, 0.4) is 0 Å². The molecule has 0 aliphatic rings. The maximum absolute atomic E-state index is 12.4. The zero-order chi connectivity index (χ0) is 7.56. The standard InChI is InChI=1S/C7H6FO2/c1-10-6-4-2-3-5(8)7(6)9/h3-4,9H,1H3. The van der Waals surface area contributed by atoms with Gasteiger partial charge < -0.3 is 9.84 Å². The summed E-state index contributed by atoms with van der Waals surface area (Å²) in [6.07, 6.45) is 0. The summed E-state index contributed by atoms with van der Waals surface area (Å²) in [6, 6.07) is 4.86. The van der Waals surface area contributed by atoms with Crippen molar-refractivity contribution in [2.24, 2.45) is 0 Å². The first-order valence-corrected chi connectivity index (χ1v) is 2.68. The van der Waals surface area contributed by atoms with E-state index in [1.165, 1.54) is 13.2 Å². The predicted octanol–water partition coefficient (Wildman–Crippen LogP) is 1.34. The van der Waals surface area contributed by atoms with Gasteiger partial charge in [0.05, 0.1) is 7.11 Å². The summed E-state index contributed by atoms with van der Waals surface area (Å²) in [5.41, 5.74) is 0. The molecule has 0 atom stereocenters. The highest BCUT2D eigenvalue weighted by atomic mass is 19.1. The van der Waals surface area contributed by atoms with Gasteiger partial charge in [0.25, 0.3) is 0 Å². The number of phenolic OH excluding ortho intramolecular Hbond substituents is 1. The fourth-order valence-electron chi connectivity index (χ4n) is 0.601. The second kappa shape index (κ2) is 2.56. The van der Waals surface area contributed by atoms with E-state index in [2.05, 4.69) is 10.8 Å². The highest BCUT2D eigenvalue weighted by Crippen LogP contribution is 2.26. The molecule has 1 N–H and O–H groups in total. The summed E-state index contributed by atoms with van der Waals surface area (Å²) in [7, 11) is 1.35. The monoisotopic (exact) mass is 141 g/mol. The molecule has 0 amide bonds. The molecule has 0 heterocycles. The molecule has 2 nitrogen and oxygen atoms in total. The minimum absolute atomic E-state index is 0.0972. The highest BCUT2D eigenvalue weighted by molar-refractivity contribution is 5.38. The van der Waals surface area contributed by atoms with Crippen LogP contribution in [-0.4, -0.2) is 12.2 Å². The van der Waals surface area contributed by atoms with Crippen molar-refractivity contribution in [2.75, 3.05) is 7.11 Å². The second-order valence-corrected chi connectivity index (χ2v) is 1.72. The van der Waals surface area contributed by atoms with Gasteiger partial charge in [0.2, 0.25) is 0 Å². The van der Waals surface area contributed by atoms with Crippen LogP contribution in [0.25, 0.3) is 0 Å². The number of hydrogen-bond acceptors (Lipinski definition) is 2. The number of phenols is 1. The summed E-state index contributed by atoms with van der Waals surface area (Å²) < 4.78 is 17.0. The van der Waals surface area contributed by atoms with Crippen LogP contribution < -0.4 is 4.74 Å². The van der Waals surface area contributed by atoms with Gasteiger partial charge in [0, 0.05) is 0 Å². The molecule has 10 heavy (non-hydrogen) atoms. The smallest absolute Gasteiger partial charge is 0.194 e. The number of aromatic hydroxyl groups is 1. The van der Waals surface area contributed by atoms with E-state index in [-0.39, 0.29) is 5.75 Å². The molecule has 0 saturated heterocycles. The van der Waals surface area contributed by atoms with Crippen LogP contribution in [0.5, 0.6) is 11.5 Å². The van der Waals surface area contributed by atoms with Gasteiger partial charge in [-0.15, -0.1) is 0 Å². The molecule has 1 radical (unpaired) electrons. The number of rotatable bonds is 1. The van der Waals surface area contributed by atoms with Gasteiger partial charge in [-0.3, -0.25) is 0 Å². The lowest BCUT2D eigenvalue weighted by Crippen LogP contribution is -1.84. The Morgan fingerprint density at radius 1 is 1.60 bits per heavy atom. The van der Waals surface area contributed by atoms with Gasteiger partial charge in [-0.1, -0.05) is 0 Å². The first kappa shape index (κ1) is 6.86. The molecule has 1 rings (SSSR count). The molecule has 0 saturated carbocycles. The summed E-state index contributed by atoms with van der Waals surface area (Å²) in [5, 5.41) is 8.88. The fourth-order valence-corrected chi connectivity index (χ4v) is 0.601. The molecular formula is C7H6FO2. The van der Waals surface area contributed by atoms with Gasteiger partial charge in [-0.05, 0) is 18.2 Å². The SMILES string of the molecule is COc1c[c]cc(F)c1O. The van der Waals surface area contributed by atoms with Crippen molar-refractivity contribution in [1.82, 2.24) is 0 Å². The van der Waals surface area contributed by atoms with Gasteiger partial charge in [0.15, 0.2) is 17.3 Å². The summed E-state index contributed by atoms with van der Waals surface area (Å²) >= 11 is 0. The van der Waals surface area contributed by atoms with E-state index in [0.29, 0.717) is 0 Å². The van der Waals surface area contributed by atoms with Crippen molar-refractivity contribution < 1.29 is 14.2 Å². The van der Waals surface area contributed by atoms with Crippen molar-refractivity contribution in [3.8, 4) is 11.5 Å². The topological polar surface area (TPSA) is 29.5 Å². The lowest BCUT2D eigenvalue weighted by molar-refractivity contribution is 0.357. The van der Waals surface area contributed by atoms with Crippen LogP contribution in [0.4, 0.5) is 4.39 Å². The van der Waals surface area contributed by atoms with Crippen molar-refractivity contribution in [1.29, 1.82) is 0 Å². The van der Waals surface area contributed by atoms with E-state index in [4.69, 9.17) is 5.11 Å². The van der Waals surface area contributed by atoms with E-state index in [1.807, 2.05) is 0 Å². The number of halogens is 1. The van der Waals surface area contributed by atoms with E-state index < -0.39 is 11.6 Å². The third-order valence-electron chi connectivity index (χ3n) is 1.10. The molecular weight excluding hydrogens is 135 g/mol. The first-order valence-electron chi connectivity index (χ1n) is 2.68. The van der Waals surface area contributed by atoms with Gasteiger partial charge in [-0.25, -0.2) is 4.39 Å². The van der Waals surface area contributed by atoms with E-state index >= 15 is 0 Å². The largest absolute Gasteiger partial charge is 0.502 e. The minimum atomic E-state index is -0.723. The Morgan fingerprint density at radius 3 is 2.80 bits per heavy atom. The van der Waals surface area contributed by atoms with Crippen LogP contribution >= 0.6 is 0 Å². The fraction of sp³-hybridized carbons (Fsp3) is 0.143. The van der Waals surface area contributed by atoms with Crippen LogP contribution in [0.2, 0.25) is 0 Å². The van der Waals surface area contributed by atoms with Crippen LogP contribution in [-0.2, 0) is 0 Å². The summed E-state index contributed by atoms with van der Waals surface area (Å²) in [4.78, 5) is 0. The lowest BCUT2D eigenvalue weighted by Gasteiger charge is -2.00. The van der Waals surface area contributed by atoms with E-state index in [9.17, 15) is 4.39 Å². The summed E-state index contributed by atoms with van der Waals surface area (Å²) in [6.45, 7) is 0. The molecule has 0 fully saturated rings. The van der Waals surface area contributed by atoms with Gasteiger partial charge in [-0.2, -0.15) is 0 Å². The average molecular weight is 141 g/mol.